The predicted octanol–water partition coefficient (Wildman–Crippen LogP) is 2.77. The molecule has 27 heavy (non-hydrogen) atoms. The summed E-state index contributed by atoms with van der Waals surface area (Å²) in [5, 5.41) is 5.91. The molecular weight excluding hydrogens is 385 g/mol. The van der Waals surface area contributed by atoms with Crippen molar-refractivity contribution in [2.45, 2.75) is 20.0 Å². The molecule has 0 bridgehead atoms. The van der Waals surface area contributed by atoms with Crippen molar-refractivity contribution in [2.24, 2.45) is 0 Å². The van der Waals surface area contributed by atoms with Crippen LogP contribution >= 0.6 is 11.3 Å². The molecule has 2 amide bonds. The maximum absolute atomic E-state index is 13.5. The summed E-state index contributed by atoms with van der Waals surface area (Å²) in [6.45, 7) is 2.46. The van der Waals surface area contributed by atoms with Crippen molar-refractivity contribution in [1.82, 2.24) is 5.32 Å². The van der Waals surface area contributed by atoms with Gasteiger partial charge in [-0.15, -0.1) is 11.3 Å². The number of rotatable bonds is 6. The van der Waals surface area contributed by atoms with Gasteiger partial charge in [-0.2, -0.15) is 0 Å². The molecule has 0 aliphatic heterocycles. The highest BCUT2D eigenvalue weighted by Gasteiger charge is 2.21. The number of hydrogen-bond acceptors (Lipinski definition) is 5. The quantitative estimate of drug-likeness (QED) is 0.577. The first-order valence-electron chi connectivity index (χ1n) is 7.66. The van der Waals surface area contributed by atoms with E-state index in [1.54, 1.807) is 18.4 Å². The highest BCUT2D eigenvalue weighted by atomic mass is 32.1. The van der Waals surface area contributed by atoms with E-state index in [4.69, 9.17) is 4.74 Å². The average molecular weight is 400 g/mol. The third-order valence-electron chi connectivity index (χ3n) is 3.43. The Bertz CT molecular complexity index is 885. The van der Waals surface area contributed by atoms with Crippen LogP contribution in [0.1, 0.15) is 22.2 Å². The molecule has 1 aromatic carbocycles. The SMILES string of the molecule is Cc1ccsc1C(=O)O[C@H](C)C(=O)NCC(=O)Nc1ccc(F)c(F)c1F. The Balaban J connectivity index is 1.85. The first-order valence-corrected chi connectivity index (χ1v) is 8.54. The van der Waals surface area contributed by atoms with Crippen molar-refractivity contribution in [1.29, 1.82) is 0 Å². The zero-order chi connectivity index (χ0) is 20.1. The van der Waals surface area contributed by atoms with Crippen LogP contribution in [0.2, 0.25) is 0 Å². The molecule has 144 valence electrons. The Hall–Kier alpha value is -2.88. The molecule has 0 aliphatic carbocycles. The van der Waals surface area contributed by atoms with E-state index in [2.05, 4.69) is 5.32 Å². The zero-order valence-electron chi connectivity index (χ0n) is 14.3. The van der Waals surface area contributed by atoms with Gasteiger partial charge in [-0.1, -0.05) is 0 Å². The first kappa shape index (κ1) is 20.4. The van der Waals surface area contributed by atoms with E-state index >= 15 is 0 Å². The van der Waals surface area contributed by atoms with Gasteiger partial charge in [0.2, 0.25) is 5.91 Å². The van der Waals surface area contributed by atoms with Crippen molar-refractivity contribution < 1.29 is 32.3 Å². The van der Waals surface area contributed by atoms with Crippen molar-refractivity contribution >= 4 is 34.8 Å². The summed E-state index contributed by atoms with van der Waals surface area (Å²) in [6.07, 6.45) is -1.17. The van der Waals surface area contributed by atoms with Crippen LogP contribution in [0.25, 0.3) is 0 Å². The fourth-order valence-electron chi connectivity index (χ4n) is 1.98. The molecule has 0 radical (unpaired) electrons. The number of carbonyl (C=O) groups is 3. The predicted molar refractivity (Wildman–Crippen MR) is 91.9 cm³/mol. The maximum Gasteiger partial charge on any atom is 0.349 e. The molecule has 0 aliphatic rings. The first-order chi connectivity index (χ1) is 12.7. The number of ether oxygens (including phenoxy) is 1. The molecule has 2 rings (SSSR count). The maximum atomic E-state index is 13.5. The molecule has 0 saturated heterocycles. The van der Waals surface area contributed by atoms with Gasteiger partial charge >= 0.3 is 5.97 Å². The van der Waals surface area contributed by atoms with Crippen LogP contribution in [0, 0.1) is 24.4 Å². The molecule has 2 aromatic rings. The van der Waals surface area contributed by atoms with Crippen molar-refractivity contribution in [2.75, 3.05) is 11.9 Å². The summed E-state index contributed by atoms with van der Waals surface area (Å²) >= 11 is 1.17. The highest BCUT2D eigenvalue weighted by molar-refractivity contribution is 7.12. The Labute approximate surface area is 156 Å². The summed E-state index contributed by atoms with van der Waals surface area (Å²) in [5.74, 6) is -6.96. The van der Waals surface area contributed by atoms with Gasteiger partial charge < -0.3 is 15.4 Å². The topological polar surface area (TPSA) is 84.5 Å². The molecule has 0 spiro atoms. The van der Waals surface area contributed by atoms with Crippen LogP contribution < -0.4 is 10.6 Å². The van der Waals surface area contributed by atoms with Gasteiger partial charge in [-0.3, -0.25) is 9.59 Å². The smallest absolute Gasteiger partial charge is 0.349 e. The number of carbonyl (C=O) groups excluding carboxylic acids is 3. The molecule has 1 aromatic heterocycles. The number of benzene rings is 1. The minimum Gasteiger partial charge on any atom is -0.448 e. The number of aryl methyl sites for hydroxylation is 1. The third kappa shape index (κ3) is 5.07. The van der Waals surface area contributed by atoms with E-state index in [1.165, 1.54) is 18.3 Å². The van der Waals surface area contributed by atoms with E-state index in [-0.39, 0.29) is 0 Å². The van der Waals surface area contributed by atoms with Crippen LogP contribution in [0.15, 0.2) is 23.6 Å². The Morgan fingerprint density at radius 2 is 1.85 bits per heavy atom. The summed E-state index contributed by atoms with van der Waals surface area (Å²) in [5.41, 5.74) is 0.145. The Kier molecular flexibility index (Phi) is 6.56. The second kappa shape index (κ2) is 8.67. The highest BCUT2D eigenvalue weighted by Crippen LogP contribution is 2.19. The number of nitrogens with one attached hydrogen (secondary N) is 2. The second-order valence-electron chi connectivity index (χ2n) is 5.47. The van der Waals surface area contributed by atoms with Crippen LogP contribution in [-0.4, -0.2) is 30.4 Å². The van der Waals surface area contributed by atoms with Crippen molar-refractivity contribution in [3.05, 3.63) is 51.5 Å². The fraction of sp³-hybridized carbons (Fsp3) is 0.235. The number of halogens is 3. The standard InChI is InChI=1S/C17H15F3N2O4S/c1-8-5-6-27-15(8)17(25)26-9(2)16(24)21-7-12(23)22-11-4-3-10(18)13(19)14(11)20/h3-6,9H,7H2,1-2H3,(H,21,24)(H,22,23)/t9-/m1/s1. The van der Waals surface area contributed by atoms with Crippen molar-refractivity contribution in [3.8, 4) is 0 Å². The van der Waals surface area contributed by atoms with Crippen LogP contribution in [0.5, 0.6) is 0 Å². The molecule has 0 unspecified atom stereocenters. The minimum absolute atomic E-state index is 0.362. The molecule has 1 atom stereocenters. The van der Waals surface area contributed by atoms with E-state index in [0.717, 1.165) is 6.07 Å². The van der Waals surface area contributed by atoms with E-state index in [9.17, 15) is 27.6 Å². The lowest BCUT2D eigenvalue weighted by atomic mass is 10.2. The van der Waals surface area contributed by atoms with Crippen molar-refractivity contribution in [3.63, 3.8) is 0 Å². The molecule has 0 fully saturated rings. The monoisotopic (exact) mass is 400 g/mol. The van der Waals surface area contributed by atoms with Crippen LogP contribution in [0.3, 0.4) is 0 Å². The molecule has 10 heteroatoms. The zero-order valence-corrected chi connectivity index (χ0v) is 15.1. The Morgan fingerprint density at radius 3 is 2.48 bits per heavy atom. The third-order valence-corrected chi connectivity index (χ3v) is 4.43. The molecule has 2 N–H and O–H groups in total. The number of anilines is 1. The molecule has 6 nitrogen and oxygen atoms in total. The van der Waals surface area contributed by atoms with Gasteiger partial charge in [0.25, 0.3) is 5.91 Å². The number of esters is 1. The summed E-state index contributed by atoms with van der Waals surface area (Å²) in [4.78, 5) is 35.9. The molecule has 0 saturated carbocycles. The second-order valence-corrected chi connectivity index (χ2v) is 6.39. The lowest BCUT2D eigenvalue weighted by Gasteiger charge is -2.13. The number of thiophene rings is 1. The number of amides is 2. The molecule has 1 heterocycles. The lowest BCUT2D eigenvalue weighted by Crippen LogP contribution is -2.40. The summed E-state index contributed by atoms with van der Waals surface area (Å²) in [6, 6.07) is 3.23. The summed E-state index contributed by atoms with van der Waals surface area (Å²) in [7, 11) is 0. The van der Waals surface area contributed by atoms with E-state index < -0.39 is 53.6 Å². The van der Waals surface area contributed by atoms with Gasteiger partial charge in [0.1, 0.15) is 4.88 Å². The largest absolute Gasteiger partial charge is 0.448 e. The van der Waals surface area contributed by atoms with E-state index in [1.807, 2.05) is 5.32 Å². The van der Waals surface area contributed by atoms with Gasteiger partial charge in [0.05, 0.1) is 12.2 Å². The fourth-order valence-corrected chi connectivity index (χ4v) is 2.78. The van der Waals surface area contributed by atoms with Gasteiger partial charge in [-0.25, -0.2) is 18.0 Å². The Morgan fingerprint density at radius 1 is 1.15 bits per heavy atom. The van der Waals surface area contributed by atoms with E-state index in [0.29, 0.717) is 16.5 Å². The summed E-state index contributed by atoms with van der Waals surface area (Å²) < 4.78 is 44.5. The van der Waals surface area contributed by atoms with Gasteiger partial charge in [-0.05, 0) is 43.0 Å². The number of hydrogen-bond donors (Lipinski definition) is 2. The van der Waals surface area contributed by atoms with Gasteiger partial charge in [0, 0.05) is 0 Å². The minimum atomic E-state index is -1.72. The van der Waals surface area contributed by atoms with Crippen LogP contribution in [0.4, 0.5) is 18.9 Å². The average Bonchev–Trinajstić information content (AvgIpc) is 3.06. The normalized spacial score (nSPS) is 11.6. The lowest BCUT2D eigenvalue weighted by molar-refractivity contribution is -0.130. The van der Waals surface area contributed by atoms with Gasteiger partial charge in [0.15, 0.2) is 23.6 Å². The van der Waals surface area contributed by atoms with Crippen LogP contribution in [-0.2, 0) is 14.3 Å². The molecular formula is C17H15F3N2O4S.